The van der Waals surface area contributed by atoms with Gasteiger partial charge in [0.2, 0.25) is 0 Å². The van der Waals surface area contributed by atoms with Gasteiger partial charge < -0.3 is 10.2 Å². The Morgan fingerprint density at radius 2 is 0.912 bits per heavy atom. The first kappa shape index (κ1) is 24.3. The number of nitroso groups, excluding NO2 is 4. The van der Waals surface area contributed by atoms with Gasteiger partial charge in [-0.05, 0) is 47.9 Å². The van der Waals surface area contributed by atoms with Gasteiger partial charge in [-0.2, -0.15) is 19.6 Å². The van der Waals surface area contributed by atoms with Crippen LogP contribution in [0.1, 0.15) is 45.9 Å². The van der Waals surface area contributed by atoms with Crippen LogP contribution in [-0.2, 0) is 31.6 Å². The summed E-state index contributed by atoms with van der Waals surface area (Å²) in [6, 6.07) is 15.7. The fourth-order valence-corrected chi connectivity index (χ4v) is 4.13. The fourth-order valence-electron chi connectivity index (χ4n) is 4.13. The van der Waals surface area contributed by atoms with Crippen molar-refractivity contribution < 1.29 is 10.2 Å². The van der Waals surface area contributed by atoms with E-state index in [0.717, 1.165) is 5.56 Å². The van der Waals surface area contributed by atoms with Gasteiger partial charge in [-0.1, -0.05) is 51.0 Å². The van der Waals surface area contributed by atoms with Crippen LogP contribution in [0, 0.1) is 19.6 Å². The van der Waals surface area contributed by atoms with Gasteiger partial charge in [-0.3, -0.25) is 0 Å². The molecule has 10 nitrogen and oxygen atoms in total. The minimum Gasteiger partial charge on any atom is -0.507 e. The molecule has 0 atom stereocenters. The summed E-state index contributed by atoms with van der Waals surface area (Å²) >= 11 is 0. The van der Waals surface area contributed by atoms with Gasteiger partial charge in [-0.15, -0.1) is 0 Å². The highest BCUT2D eigenvalue weighted by Gasteiger charge is 2.34. The van der Waals surface area contributed by atoms with Crippen LogP contribution in [-0.4, -0.2) is 10.2 Å². The second-order valence-electron chi connectivity index (χ2n) is 7.93. The maximum Gasteiger partial charge on any atom is 0.125 e. The number of hydrogen-bond donors (Lipinski definition) is 2. The van der Waals surface area contributed by atoms with Crippen LogP contribution >= 0.6 is 0 Å². The van der Waals surface area contributed by atoms with E-state index in [-0.39, 0.29) is 59.9 Å². The molecular formula is C24H22N4O6. The summed E-state index contributed by atoms with van der Waals surface area (Å²) < 4.78 is 0. The molecule has 0 heterocycles. The zero-order chi connectivity index (χ0) is 24.7. The van der Waals surface area contributed by atoms with Crippen LogP contribution in [0.4, 0.5) is 0 Å². The minimum absolute atomic E-state index is 0.219. The van der Waals surface area contributed by atoms with Gasteiger partial charge >= 0.3 is 0 Å². The molecule has 0 aromatic heterocycles. The average Bonchev–Trinajstić information content (AvgIpc) is 2.84. The van der Waals surface area contributed by atoms with Crippen LogP contribution in [0.2, 0.25) is 0 Å². The van der Waals surface area contributed by atoms with E-state index in [0.29, 0.717) is 11.1 Å². The third-order valence-electron chi connectivity index (χ3n) is 5.98. The van der Waals surface area contributed by atoms with Crippen LogP contribution in [0.25, 0.3) is 0 Å². The lowest BCUT2D eigenvalue weighted by molar-refractivity contribution is 0.459. The highest BCUT2D eigenvalue weighted by molar-refractivity contribution is 5.57. The first-order chi connectivity index (χ1) is 16.4. The molecular weight excluding hydrogens is 440 g/mol. The van der Waals surface area contributed by atoms with Gasteiger partial charge in [0.25, 0.3) is 0 Å². The summed E-state index contributed by atoms with van der Waals surface area (Å²) in [5.74, 6) is -0.471. The Balaban J connectivity index is 2.40. The zero-order valence-electron chi connectivity index (χ0n) is 18.3. The molecule has 0 radical (unpaired) electrons. The van der Waals surface area contributed by atoms with Crippen LogP contribution < -0.4 is 0 Å². The first-order valence-electron chi connectivity index (χ1n) is 10.3. The van der Waals surface area contributed by atoms with Crippen molar-refractivity contribution >= 4 is 0 Å². The van der Waals surface area contributed by atoms with Gasteiger partial charge in [-0.25, -0.2) is 0 Å². The van der Waals surface area contributed by atoms with E-state index >= 15 is 0 Å². The van der Waals surface area contributed by atoms with Crippen molar-refractivity contribution in [3.05, 3.63) is 113 Å². The Morgan fingerprint density at radius 3 is 1.21 bits per heavy atom. The fraction of sp³-hybridized carbons (Fsp3) is 0.250. The summed E-state index contributed by atoms with van der Waals surface area (Å²) in [5.41, 5.74) is 1.87. The van der Waals surface area contributed by atoms with Gasteiger partial charge in [0.05, 0.1) is 0 Å². The highest BCUT2D eigenvalue weighted by Crippen LogP contribution is 2.43. The van der Waals surface area contributed by atoms with Crippen molar-refractivity contribution in [3.63, 3.8) is 0 Å². The second-order valence-corrected chi connectivity index (χ2v) is 7.93. The third kappa shape index (κ3) is 4.56. The second kappa shape index (κ2) is 10.5. The van der Waals surface area contributed by atoms with E-state index in [1.807, 2.05) is 37.3 Å². The molecule has 10 heteroatoms. The smallest absolute Gasteiger partial charge is 0.125 e. The van der Waals surface area contributed by atoms with Gasteiger partial charge in [0.1, 0.15) is 37.7 Å². The average molecular weight is 462 g/mol. The Kier molecular flexibility index (Phi) is 7.52. The number of nitrogens with zero attached hydrogens (tertiary/aromatic N) is 4. The molecule has 0 bridgehead atoms. The zero-order valence-corrected chi connectivity index (χ0v) is 18.3. The van der Waals surface area contributed by atoms with Crippen LogP contribution in [0.3, 0.4) is 0 Å². The predicted molar refractivity (Wildman–Crippen MR) is 126 cm³/mol. The molecule has 3 aromatic carbocycles. The molecule has 0 amide bonds. The van der Waals surface area contributed by atoms with Crippen LogP contribution in [0.15, 0.2) is 75.3 Å². The molecule has 0 unspecified atom stereocenters. The quantitative estimate of drug-likeness (QED) is 0.282. The van der Waals surface area contributed by atoms with Crippen molar-refractivity contribution in [1.82, 2.24) is 0 Å². The molecule has 0 saturated heterocycles. The van der Waals surface area contributed by atoms with E-state index in [1.165, 1.54) is 0 Å². The largest absolute Gasteiger partial charge is 0.507 e. The normalized spacial score (nSPS) is 11.1. The molecule has 2 N–H and O–H groups in total. The Bertz CT molecular complexity index is 1090. The number of aromatic hydroxyl groups is 2. The Morgan fingerprint density at radius 1 is 0.588 bits per heavy atom. The predicted octanol–water partition coefficient (Wildman–Crippen LogP) is 5.52. The SMILES string of the molecule is CC(c1ccccc1)(c1cc(CN=O)c(O)c(CN=O)c1)c1cc(CN=O)c(O)c(CN=O)c1. The maximum atomic E-state index is 11.0. The first-order valence-corrected chi connectivity index (χ1v) is 10.3. The number of rotatable bonds is 11. The number of hydrogen-bond acceptors (Lipinski definition) is 10. The number of phenols is 2. The summed E-state index contributed by atoms with van der Waals surface area (Å²) in [5, 5.41) is 32.6. The van der Waals surface area contributed by atoms with Crippen molar-refractivity contribution in [2.45, 2.75) is 38.5 Å². The summed E-state index contributed by atoms with van der Waals surface area (Å²) in [4.78, 5) is 44.1. The van der Waals surface area contributed by atoms with Crippen molar-refractivity contribution in [2.24, 2.45) is 20.7 Å². The molecule has 0 saturated carbocycles. The lowest BCUT2D eigenvalue weighted by Gasteiger charge is -2.33. The Labute approximate surface area is 194 Å². The number of phenolic OH excluding ortho intramolecular Hbond substituents is 2. The lowest BCUT2D eigenvalue weighted by Crippen LogP contribution is -2.26. The highest BCUT2D eigenvalue weighted by atomic mass is 16.3. The van der Waals surface area contributed by atoms with Crippen molar-refractivity contribution in [2.75, 3.05) is 0 Å². The maximum absolute atomic E-state index is 11.0. The lowest BCUT2D eigenvalue weighted by atomic mass is 9.69. The standard InChI is InChI=1S/C24H22N4O6/c1-24(19-5-3-2-4-6-19,20-7-15(11-25-31)22(29)16(8-20)12-26-32)21-9-17(13-27-33)23(30)18(10-21)14-28-34/h2-10,29-30H,11-14H2,1H3. The molecule has 0 aliphatic carbocycles. The number of benzene rings is 3. The van der Waals surface area contributed by atoms with E-state index < -0.39 is 5.41 Å². The Hall–Kier alpha value is -4.34. The summed E-state index contributed by atoms with van der Waals surface area (Å²) in [6.45, 7) is 0.561. The monoisotopic (exact) mass is 462 g/mol. The molecule has 3 rings (SSSR count). The molecule has 0 fully saturated rings. The molecule has 0 aliphatic heterocycles. The molecule has 3 aromatic rings. The third-order valence-corrected chi connectivity index (χ3v) is 5.98. The summed E-state index contributed by atoms with van der Waals surface area (Å²) in [6.07, 6.45) is 0. The molecule has 174 valence electrons. The van der Waals surface area contributed by atoms with E-state index in [4.69, 9.17) is 0 Å². The van der Waals surface area contributed by atoms with E-state index in [2.05, 4.69) is 20.7 Å². The van der Waals surface area contributed by atoms with Crippen molar-refractivity contribution in [3.8, 4) is 11.5 Å². The topological polar surface area (TPSA) is 158 Å². The van der Waals surface area contributed by atoms with Crippen LogP contribution in [0.5, 0.6) is 11.5 Å². The van der Waals surface area contributed by atoms with Crippen molar-refractivity contribution in [1.29, 1.82) is 0 Å². The van der Waals surface area contributed by atoms with Gasteiger partial charge in [0.15, 0.2) is 0 Å². The van der Waals surface area contributed by atoms with Gasteiger partial charge in [0, 0.05) is 27.7 Å². The molecule has 0 spiro atoms. The van der Waals surface area contributed by atoms with E-state index in [1.54, 1.807) is 24.3 Å². The summed E-state index contributed by atoms with van der Waals surface area (Å²) in [7, 11) is 0. The molecule has 0 aliphatic rings. The minimum atomic E-state index is -0.979. The van der Waals surface area contributed by atoms with E-state index in [9.17, 15) is 29.8 Å². The molecule has 34 heavy (non-hydrogen) atoms.